The third-order valence-corrected chi connectivity index (χ3v) is 4.37. The largest absolute Gasteiger partial charge is 0.469 e. The van der Waals surface area contributed by atoms with E-state index in [2.05, 4.69) is 9.72 Å². The first-order valence-corrected chi connectivity index (χ1v) is 7.45. The van der Waals surface area contributed by atoms with Crippen LogP contribution in [-0.4, -0.2) is 51.6 Å². The summed E-state index contributed by atoms with van der Waals surface area (Å²) in [5.41, 5.74) is 0. The number of aromatic nitrogens is 2. The Morgan fingerprint density at radius 2 is 2.45 bits per heavy atom. The van der Waals surface area contributed by atoms with Crippen LogP contribution >= 0.6 is 11.8 Å². The van der Waals surface area contributed by atoms with Crippen LogP contribution in [-0.2, 0) is 16.1 Å². The predicted octanol–water partition coefficient (Wildman–Crippen LogP) is 1.76. The fourth-order valence-corrected chi connectivity index (χ4v) is 3.32. The van der Waals surface area contributed by atoms with E-state index in [1.54, 1.807) is 11.8 Å². The van der Waals surface area contributed by atoms with E-state index in [-0.39, 0.29) is 18.4 Å². The van der Waals surface area contributed by atoms with Crippen molar-refractivity contribution in [1.29, 1.82) is 0 Å². The topological polar surface area (TPSA) is 47.4 Å². The fourth-order valence-electron chi connectivity index (χ4n) is 2.19. The van der Waals surface area contributed by atoms with Gasteiger partial charge in [-0.3, -0.25) is 14.3 Å². The van der Waals surface area contributed by atoms with Crippen molar-refractivity contribution < 1.29 is 18.3 Å². The number of alkyl halides is 2. The Bertz CT molecular complexity index is 456. The number of esters is 1. The van der Waals surface area contributed by atoms with Gasteiger partial charge in [0, 0.05) is 36.5 Å². The number of carbonyl (C=O) groups excluding carboxylic acids is 1. The summed E-state index contributed by atoms with van der Waals surface area (Å²) in [6.45, 7) is -1.52. The molecule has 0 saturated carbocycles. The van der Waals surface area contributed by atoms with Crippen LogP contribution in [0, 0.1) is 0 Å². The third kappa shape index (κ3) is 3.69. The highest BCUT2D eigenvalue weighted by atomic mass is 32.2. The predicted molar refractivity (Wildman–Crippen MR) is 71.6 cm³/mol. The van der Waals surface area contributed by atoms with Gasteiger partial charge in [0.05, 0.1) is 20.1 Å². The van der Waals surface area contributed by atoms with Gasteiger partial charge in [-0.05, 0) is 0 Å². The molecule has 0 amide bonds. The third-order valence-electron chi connectivity index (χ3n) is 3.28. The average Bonchev–Trinajstić information content (AvgIpc) is 2.89. The number of hydrogen-bond acceptors (Lipinski definition) is 5. The van der Waals surface area contributed by atoms with Crippen molar-refractivity contribution in [3.63, 3.8) is 0 Å². The van der Waals surface area contributed by atoms with Gasteiger partial charge >= 0.3 is 12.5 Å². The number of thioether (sulfide) groups is 1. The van der Waals surface area contributed by atoms with Crippen LogP contribution in [0.1, 0.15) is 18.8 Å². The van der Waals surface area contributed by atoms with E-state index in [9.17, 15) is 13.6 Å². The van der Waals surface area contributed by atoms with E-state index in [1.807, 2.05) is 4.90 Å². The summed E-state index contributed by atoms with van der Waals surface area (Å²) in [5, 5.41) is 0. The van der Waals surface area contributed by atoms with E-state index in [0.29, 0.717) is 12.4 Å². The second-order valence-electron chi connectivity index (χ2n) is 4.51. The van der Waals surface area contributed by atoms with Gasteiger partial charge in [-0.15, -0.1) is 0 Å². The van der Waals surface area contributed by atoms with Crippen LogP contribution in [0.4, 0.5) is 8.78 Å². The van der Waals surface area contributed by atoms with Gasteiger partial charge in [0.25, 0.3) is 0 Å². The quantitative estimate of drug-likeness (QED) is 0.776. The van der Waals surface area contributed by atoms with E-state index in [0.717, 1.165) is 22.6 Å². The minimum absolute atomic E-state index is 0.00372. The van der Waals surface area contributed by atoms with E-state index in [4.69, 9.17) is 0 Å². The molecule has 1 atom stereocenters. The molecule has 1 saturated heterocycles. The summed E-state index contributed by atoms with van der Waals surface area (Å²) in [6, 6.07) is 0.00372. The lowest BCUT2D eigenvalue weighted by Crippen LogP contribution is -2.43. The molecule has 20 heavy (non-hydrogen) atoms. The fraction of sp³-hybridized carbons (Fsp3) is 0.667. The highest BCUT2D eigenvalue weighted by molar-refractivity contribution is 7.99. The number of methoxy groups -OCH3 is 1. The molecule has 0 N–H and O–H groups in total. The van der Waals surface area contributed by atoms with Gasteiger partial charge in [-0.1, -0.05) is 0 Å². The summed E-state index contributed by atoms with van der Waals surface area (Å²) < 4.78 is 31.1. The molecule has 2 rings (SSSR count). The molecule has 2 heterocycles. The van der Waals surface area contributed by atoms with Gasteiger partial charge in [0.2, 0.25) is 0 Å². The summed E-state index contributed by atoms with van der Waals surface area (Å²) in [6.07, 6.45) is 2.92. The number of ether oxygens (including phenoxy) is 1. The molecule has 0 aromatic carbocycles. The second-order valence-corrected chi connectivity index (χ2v) is 5.66. The van der Waals surface area contributed by atoms with Crippen molar-refractivity contribution in [2.24, 2.45) is 0 Å². The smallest absolute Gasteiger partial charge is 0.319 e. The first-order chi connectivity index (χ1) is 9.61. The molecule has 0 spiro atoms. The molecule has 8 heteroatoms. The lowest BCUT2D eigenvalue weighted by atomic mass is 10.2. The van der Waals surface area contributed by atoms with Crippen molar-refractivity contribution in [3.05, 3.63) is 18.2 Å². The summed E-state index contributed by atoms with van der Waals surface area (Å²) in [7, 11) is 1.35. The Balaban J connectivity index is 2.04. The molecule has 1 fully saturated rings. The molecule has 1 aliphatic heterocycles. The molecule has 0 unspecified atom stereocenters. The lowest BCUT2D eigenvalue weighted by molar-refractivity contribution is -0.142. The molecule has 0 aliphatic carbocycles. The first-order valence-electron chi connectivity index (χ1n) is 6.30. The molecule has 5 nitrogen and oxygen atoms in total. The Kier molecular flexibility index (Phi) is 5.36. The van der Waals surface area contributed by atoms with E-state index < -0.39 is 6.55 Å². The monoisotopic (exact) mass is 305 g/mol. The Morgan fingerprint density at radius 1 is 1.65 bits per heavy atom. The van der Waals surface area contributed by atoms with Crippen LogP contribution in [0.5, 0.6) is 0 Å². The number of hydrogen-bond donors (Lipinski definition) is 0. The zero-order chi connectivity index (χ0) is 14.5. The van der Waals surface area contributed by atoms with Gasteiger partial charge < -0.3 is 4.74 Å². The van der Waals surface area contributed by atoms with Crippen molar-refractivity contribution in [1.82, 2.24) is 14.5 Å². The van der Waals surface area contributed by atoms with Crippen LogP contribution in [0.3, 0.4) is 0 Å². The van der Waals surface area contributed by atoms with Gasteiger partial charge in [-0.2, -0.15) is 20.5 Å². The van der Waals surface area contributed by atoms with Crippen molar-refractivity contribution in [3.8, 4) is 0 Å². The van der Waals surface area contributed by atoms with Crippen LogP contribution in [0.15, 0.2) is 12.4 Å². The summed E-state index contributed by atoms with van der Waals surface area (Å²) in [4.78, 5) is 17.4. The second kappa shape index (κ2) is 7.03. The molecule has 1 aliphatic rings. The average molecular weight is 305 g/mol. The van der Waals surface area contributed by atoms with E-state index in [1.165, 1.54) is 19.5 Å². The highest BCUT2D eigenvalue weighted by Gasteiger charge is 2.27. The minimum Gasteiger partial charge on any atom is -0.469 e. The molecule has 0 radical (unpaired) electrons. The van der Waals surface area contributed by atoms with Crippen molar-refractivity contribution in [2.45, 2.75) is 25.6 Å². The highest BCUT2D eigenvalue weighted by Crippen LogP contribution is 2.22. The number of carbonyl (C=O) groups is 1. The molecule has 1 aromatic heterocycles. The Hall–Kier alpha value is -1.15. The molecule has 1 aromatic rings. The van der Waals surface area contributed by atoms with Gasteiger partial charge in [-0.25, -0.2) is 4.98 Å². The van der Waals surface area contributed by atoms with Gasteiger partial charge in [0.15, 0.2) is 0 Å². The van der Waals surface area contributed by atoms with Crippen LogP contribution < -0.4 is 0 Å². The maximum absolute atomic E-state index is 12.8. The zero-order valence-electron chi connectivity index (χ0n) is 11.2. The Morgan fingerprint density at radius 3 is 3.15 bits per heavy atom. The standard InChI is InChI=1S/C12H17F2N3O2S/c1-19-11(18)6-9-8-20-5-4-16(9)7-10-15-2-3-17(10)12(13)14/h2-3,9,12H,4-8H2,1H3/t9-/m1/s1. The summed E-state index contributed by atoms with van der Waals surface area (Å²) >= 11 is 1.76. The molecule has 112 valence electrons. The maximum atomic E-state index is 12.8. The van der Waals surface area contributed by atoms with Crippen molar-refractivity contribution >= 4 is 17.7 Å². The number of halogens is 2. The van der Waals surface area contributed by atoms with Gasteiger partial charge in [0.1, 0.15) is 5.82 Å². The molecule has 0 bridgehead atoms. The zero-order valence-corrected chi connectivity index (χ0v) is 12.0. The van der Waals surface area contributed by atoms with Crippen LogP contribution in [0.25, 0.3) is 0 Å². The molecular formula is C12H17F2N3O2S. The SMILES string of the molecule is COC(=O)C[C@@H]1CSCCN1Cc1nccn1C(F)F. The minimum atomic E-state index is -2.59. The Labute approximate surface area is 120 Å². The normalized spacial score (nSPS) is 20.3. The molecular weight excluding hydrogens is 288 g/mol. The first kappa shape index (κ1) is 15.2. The number of imidazole rings is 1. The lowest BCUT2D eigenvalue weighted by Gasteiger charge is -2.34. The summed E-state index contributed by atoms with van der Waals surface area (Å²) in [5.74, 6) is 1.76. The number of nitrogens with zero attached hydrogens (tertiary/aromatic N) is 3. The van der Waals surface area contributed by atoms with E-state index >= 15 is 0 Å². The maximum Gasteiger partial charge on any atom is 0.319 e. The van der Waals surface area contributed by atoms with Crippen molar-refractivity contribution in [2.75, 3.05) is 25.2 Å². The number of rotatable bonds is 5. The van der Waals surface area contributed by atoms with Crippen LogP contribution in [0.2, 0.25) is 0 Å².